The second kappa shape index (κ2) is 6.39. The van der Waals surface area contributed by atoms with Crippen molar-refractivity contribution in [3.63, 3.8) is 0 Å². The fraction of sp³-hybridized carbons (Fsp3) is 0.400. The minimum absolute atomic E-state index is 0.0233. The molecule has 0 amide bonds. The van der Waals surface area contributed by atoms with Crippen molar-refractivity contribution >= 4 is 0 Å². The monoisotopic (exact) mass is 313 g/mol. The highest BCUT2D eigenvalue weighted by atomic mass is 19.4. The Labute approximate surface area is 126 Å². The van der Waals surface area contributed by atoms with Crippen molar-refractivity contribution in [2.45, 2.75) is 32.1 Å². The van der Waals surface area contributed by atoms with E-state index in [1.165, 1.54) is 13.2 Å². The predicted octanol–water partition coefficient (Wildman–Crippen LogP) is 3.39. The number of halogens is 3. The maximum absolute atomic E-state index is 12.9. The van der Waals surface area contributed by atoms with Gasteiger partial charge in [-0.15, -0.1) is 0 Å². The molecule has 0 aliphatic rings. The molecule has 1 aromatic carbocycles. The van der Waals surface area contributed by atoms with E-state index < -0.39 is 11.9 Å². The second-order valence-corrected chi connectivity index (χ2v) is 5.07. The second-order valence-electron chi connectivity index (χ2n) is 5.07. The van der Waals surface area contributed by atoms with Crippen LogP contribution in [0.25, 0.3) is 0 Å². The topological polar surface area (TPSA) is 50.1 Å². The first-order chi connectivity index (χ1) is 10.3. The van der Waals surface area contributed by atoms with Crippen molar-refractivity contribution in [1.29, 1.82) is 0 Å². The molecule has 120 valence electrons. The van der Waals surface area contributed by atoms with Gasteiger partial charge in [-0.05, 0) is 12.5 Å². The Balaban J connectivity index is 2.17. The summed E-state index contributed by atoms with van der Waals surface area (Å²) in [6, 6.07) is 6.57. The van der Waals surface area contributed by atoms with Gasteiger partial charge in [-0.1, -0.05) is 25.1 Å². The number of phenols is 1. The third-order valence-corrected chi connectivity index (χ3v) is 3.43. The molecule has 1 atom stereocenters. The first-order valence-electron chi connectivity index (χ1n) is 6.94. The standard InChI is InChI=1S/C15H18F3N3O/c1-3-12(11-6-4-5-7-13(11)22)19-8-10-9-21(2)20-14(10)15(16,17)18/h4-7,9,12,19,22H,3,8H2,1-2H3/t12-/m1/s1. The molecule has 0 aliphatic heterocycles. The number of hydrogen-bond donors (Lipinski definition) is 2. The predicted molar refractivity (Wildman–Crippen MR) is 76.2 cm³/mol. The number of benzene rings is 1. The molecule has 0 aliphatic carbocycles. The van der Waals surface area contributed by atoms with Gasteiger partial charge < -0.3 is 10.4 Å². The molecule has 22 heavy (non-hydrogen) atoms. The summed E-state index contributed by atoms with van der Waals surface area (Å²) >= 11 is 0. The van der Waals surface area contributed by atoms with Gasteiger partial charge in [0.2, 0.25) is 0 Å². The Bertz CT molecular complexity index is 637. The van der Waals surface area contributed by atoms with Crippen LogP contribution in [0.5, 0.6) is 5.75 Å². The Hall–Kier alpha value is -2.02. The molecule has 1 heterocycles. The van der Waals surface area contributed by atoms with Crippen LogP contribution in [0.4, 0.5) is 13.2 Å². The fourth-order valence-electron chi connectivity index (χ4n) is 2.40. The number of nitrogens with zero attached hydrogens (tertiary/aromatic N) is 2. The summed E-state index contributed by atoms with van der Waals surface area (Å²) in [6.07, 6.45) is -2.48. The average Bonchev–Trinajstić information content (AvgIpc) is 2.82. The molecule has 0 saturated heterocycles. The Morgan fingerprint density at radius 2 is 2.00 bits per heavy atom. The van der Waals surface area contributed by atoms with Gasteiger partial charge in [-0.3, -0.25) is 4.68 Å². The lowest BCUT2D eigenvalue weighted by molar-refractivity contribution is -0.142. The van der Waals surface area contributed by atoms with Crippen LogP contribution in [0.3, 0.4) is 0 Å². The van der Waals surface area contributed by atoms with Gasteiger partial charge in [-0.25, -0.2) is 0 Å². The summed E-state index contributed by atoms with van der Waals surface area (Å²) in [5, 5.41) is 16.4. The van der Waals surface area contributed by atoms with Crippen molar-refractivity contribution in [3.05, 3.63) is 47.3 Å². The molecule has 0 unspecified atom stereocenters. The minimum atomic E-state index is -4.48. The molecule has 7 heteroatoms. The largest absolute Gasteiger partial charge is 0.508 e. The van der Waals surface area contributed by atoms with Crippen LogP contribution in [0, 0.1) is 0 Å². The zero-order valence-corrected chi connectivity index (χ0v) is 12.4. The minimum Gasteiger partial charge on any atom is -0.508 e. The van der Waals surface area contributed by atoms with Crippen LogP contribution in [0.2, 0.25) is 0 Å². The molecule has 2 N–H and O–H groups in total. The number of para-hydroxylation sites is 1. The molecule has 1 aromatic heterocycles. The van der Waals surface area contributed by atoms with Crippen molar-refractivity contribution in [3.8, 4) is 5.75 Å². The summed E-state index contributed by atoms with van der Waals surface area (Å²) in [5.74, 6) is 0.129. The van der Waals surface area contributed by atoms with Crippen LogP contribution in [-0.2, 0) is 19.8 Å². The van der Waals surface area contributed by atoms with E-state index in [-0.39, 0.29) is 23.9 Å². The van der Waals surface area contributed by atoms with Crippen LogP contribution in [0.15, 0.2) is 30.5 Å². The number of nitrogens with one attached hydrogen (secondary N) is 1. The highest BCUT2D eigenvalue weighted by Gasteiger charge is 2.36. The lowest BCUT2D eigenvalue weighted by Gasteiger charge is -2.18. The van der Waals surface area contributed by atoms with Crippen LogP contribution >= 0.6 is 0 Å². The lowest BCUT2D eigenvalue weighted by atomic mass is 10.0. The number of aryl methyl sites for hydroxylation is 1. The molecule has 4 nitrogen and oxygen atoms in total. The molecule has 2 aromatic rings. The first-order valence-corrected chi connectivity index (χ1v) is 6.94. The summed E-state index contributed by atoms with van der Waals surface area (Å²) < 4.78 is 39.9. The zero-order valence-electron chi connectivity index (χ0n) is 12.4. The number of rotatable bonds is 5. The number of aromatic nitrogens is 2. The van der Waals surface area contributed by atoms with Crippen LogP contribution in [-0.4, -0.2) is 14.9 Å². The van der Waals surface area contributed by atoms with Gasteiger partial charge in [-0.2, -0.15) is 18.3 Å². The SMILES string of the molecule is CC[C@@H](NCc1cn(C)nc1C(F)(F)F)c1ccccc1O. The van der Waals surface area contributed by atoms with Crippen molar-refractivity contribution in [1.82, 2.24) is 15.1 Å². The molecule has 0 spiro atoms. The van der Waals surface area contributed by atoms with E-state index in [9.17, 15) is 18.3 Å². The van der Waals surface area contributed by atoms with Crippen LogP contribution in [0.1, 0.15) is 36.2 Å². The quantitative estimate of drug-likeness (QED) is 0.889. The Kier molecular flexibility index (Phi) is 4.75. The van der Waals surface area contributed by atoms with E-state index in [2.05, 4.69) is 10.4 Å². The normalized spacial score (nSPS) is 13.3. The number of phenolic OH excluding ortho intramolecular Hbond substituents is 1. The number of hydrogen-bond acceptors (Lipinski definition) is 3. The Morgan fingerprint density at radius 3 is 2.59 bits per heavy atom. The summed E-state index contributed by atoms with van der Waals surface area (Å²) in [7, 11) is 1.46. The molecule has 0 fully saturated rings. The van der Waals surface area contributed by atoms with Gasteiger partial charge in [0.05, 0.1) is 0 Å². The third-order valence-electron chi connectivity index (χ3n) is 3.43. The van der Waals surface area contributed by atoms with E-state index in [0.29, 0.717) is 12.0 Å². The molecule has 0 radical (unpaired) electrons. The summed E-state index contributed by atoms with van der Waals surface area (Å²) in [4.78, 5) is 0. The van der Waals surface area contributed by atoms with Crippen LogP contribution < -0.4 is 5.32 Å². The highest BCUT2D eigenvalue weighted by Crippen LogP contribution is 2.31. The molecule has 0 saturated carbocycles. The summed E-state index contributed by atoms with van der Waals surface area (Å²) in [6.45, 7) is 1.92. The third kappa shape index (κ3) is 3.59. The summed E-state index contributed by atoms with van der Waals surface area (Å²) in [5.41, 5.74) is -0.124. The number of alkyl halides is 3. The number of aromatic hydroxyl groups is 1. The van der Waals surface area contributed by atoms with E-state index >= 15 is 0 Å². The molecular formula is C15H18F3N3O. The lowest BCUT2D eigenvalue weighted by Crippen LogP contribution is -2.22. The highest BCUT2D eigenvalue weighted by molar-refractivity contribution is 5.34. The molecule has 2 rings (SSSR count). The van der Waals surface area contributed by atoms with Crippen molar-refractivity contribution < 1.29 is 18.3 Å². The van der Waals surface area contributed by atoms with E-state index in [0.717, 1.165) is 4.68 Å². The van der Waals surface area contributed by atoms with Gasteiger partial charge in [0.25, 0.3) is 0 Å². The molecule has 0 bridgehead atoms. The maximum Gasteiger partial charge on any atom is 0.435 e. The Morgan fingerprint density at radius 1 is 1.32 bits per heavy atom. The fourth-order valence-corrected chi connectivity index (χ4v) is 2.40. The van der Waals surface area contributed by atoms with Gasteiger partial charge >= 0.3 is 6.18 Å². The van der Waals surface area contributed by atoms with E-state index in [1.54, 1.807) is 24.3 Å². The molecular weight excluding hydrogens is 295 g/mol. The average molecular weight is 313 g/mol. The maximum atomic E-state index is 12.9. The van der Waals surface area contributed by atoms with Gasteiger partial charge in [0.15, 0.2) is 5.69 Å². The zero-order chi connectivity index (χ0) is 16.3. The smallest absolute Gasteiger partial charge is 0.435 e. The van der Waals surface area contributed by atoms with E-state index in [1.807, 2.05) is 6.92 Å². The van der Waals surface area contributed by atoms with Crippen molar-refractivity contribution in [2.75, 3.05) is 0 Å². The van der Waals surface area contributed by atoms with Crippen molar-refractivity contribution in [2.24, 2.45) is 7.05 Å². The van der Waals surface area contributed by atoms with Gasteiger partial charge in [0.1, 0.15) is 5.75 Å². The first kappa shape index (κ1) is 16.4. The van der Waals surface area contributed by atoms with E-state index in [4.69, 9.17) is 0 Å². The van der Waals surface area contributed by atoms with Gasteiger partial charge in [0, 0.05) is 37.0 Å².